The molecule has 7 heteroatoms. The monoisotopic (exact) mass is 329 g/mol. The molecule has 19 heavy (non-hydrogen) atoms. The van der Waals surface area contributed by atoms with Gasteiger partial charge in [-0.1, -0.05) is 15.9 Å². The Morgan fingerprint density at radius 2 is 2.32 bits per heavy atom. The maximum atomic E-state index is 12.4. The summed E-state index contributed by atoms with van der Waals surface area (Å²) in [7, 11) is 0. The van der Waals surface area contributed by atoms with Gasteiger partial charge >= 0.3 is 5.82 Å². The maximum absolute atomic E-state index is 12.4. The van der Waals surface area contributed by atoms with Crippen molar-refractivity contribution in [1.29, 1.82) is 0 Å². The summed E-state index contributed by atoms with van der Waals surface area (Å²) >= 11 is 3.41. The number of amides is 1. The van der Waals surface area contributed by atoms with Gasteiger partial charge in [0, 0.05) is 24.0 Å². The summed E-state index contributed by atoms with van der Waals surface area (Å²) in [4.78, 5) is 26.9. The molecule has 104 valence electrons. The summed E-state index contributed by atoms with van der Waals surface area (Å²) in [5.74, 6) is -0.281. The number of nitrogens with zero attached hydrogens (tertiary/aromatic N) is 2. The van der Waals surface area contributed by atoms with Crippen LogP contribution < -0.4 is 0 Å². The zero-order chi connectivity index (χ0) is 13.8. The molecule has 2 rings (SSSR count). The lowest BCUT2D eigenvalue weighted by Gasteiger charge is -2.34. The Kier molecular flexibility index (Phi) is 4.57. The highest BCUT2D eigenvalue weighted by molar-refractivity contribution is 9.09. The Morgan fingerprint density at radius 3 is 2.95 bits per heavy atom. The predicted octanol–water partition coefficient (Wildman–Crippen LogP) is 2.70. The van der Waals surface area contributed by atoms with Crippen molar-refractivity contribution in [1.82, 2.24) is 9.88 Å². The summed E-state index contributed by atoms with van der Waals surface area (Å²) in [5.41, 5.74) is 0.299. The fourth-order valence-electron chi connectivity index (χ4n) is 2.46. The van der Waals surface area contributed by atoms with E-state index in [4.69, 9.17) is 0 Å². The third kappa shape index (κ3) is 3.15. The third-order valence-electron chi connectivity index (χ3n) is 3.43. The summed E-state index contributed by atoms with van der Waals surface area (Å²) in [6.07, 6.45) is 4.04. The Labute approximate surface area is 119 Å². The van der Waals surface area contributed by atoms with E-state index >= 15 is 0 Å². The Balaban J connectivity index is 2.13. The first kappa shape index (κ1) is 14.0. The molecule has 6 nitrogen and oxygen atoms in total. The Hall–Kier alpha value is -1.37. The molecule has 0 bridgehead atoms. The predicted molar refractivity (Wildman–Crippen MR) is 74.5 cm³/mol. The van der Waals surface area contributed by atoms with E-state index in [9.17, 15) is 14.9 Å². The standard InChI is InChI=1S/C12H16BrN3O3/c13-7-6-9-3-1-2-8-15(9)12(17)10-4-5-11(14-10)16(18)19/h4-5,9,14H,1-3,6-8H2. The van der Waals surface area contributed by atoms with Crippen molar-refractivity contribution in [3.63, 3.8) is 0 Å². The van der Waals surface area contributed by atoms with Gasteiger partial charge in [0.05, 0.1) is 0 Å². The van der Waals surface area contributed by atoms with Gasteiger partial charge in [-0.2, -0.15) is 0 Å². The van der Waals surface area contributed by atoms with Gasteiger partial charge in [0.1, 0.15) is 0 Å². The van der Waals surface area contributed by atoms with Crippen LogP contribution in [0.25, 0.3) is 0 Å². The van der Waals surface area contributed by atoms with E-state index in [0.29, 0.717) is 5.69 Å². The highest BCUT2D eigenvalue weighted by Gasteiger charge is 2.29. The number of carbonyl (C=O) groups excluding carboxylic acids is 1. The molecule has 1 atom stereocenters. The first-order valence-corrected chi connectivity index (χ1v) is 7.46. The fourth-order valence-corrected chi connectivity index (χ4v) is 2.99. The van der Waals surface area contributed by atoms with Gasteiger partial charge in [-0.25, -0.2) is 4.98 Å². The smallest absolute Gasteiger partial charge is 0.321 e. The summed E-state index contributed by atoms with van der Waals surface area (Å²) < 4.78 is 0. The van der Waals surface area contributed by atoms with Gasteiger partial charge in [0.25, 0.3) is 5.91 Å². The molecular weight excluding hydrogens is 314 g/mol. The number of H-pyrrole nitrogens is 1. The molecule has 0 saturated carbocycles. The number of aromatic nitrogens is 1. The minimum Gasteiger partial charge on any atom is -0.358 e. The number of aromatic amines is 1. The number of halogens is 1. The first-order chi connectivity index (χ1) is 9.13. The zero-order valence-electron chi connectivity index (χ0n) is 10.5. The Bertz CT molecular complexity index is 473. The van der Waals surface area contributed by atoms with Gasteiger partial charge in [-0.15, -0.1) is 0 Å². The van der Waals surface area contributed by atoms with E-state index in [1.165, 1.54) is 12.1 Å². The number of likely N-dealkylation sites (tertiary alicyclic amines) is 1. The van der Waals surface area contributed by atoms with E-state index in [2.05, 4.69) is 20.9 Å². The second-order valence-corrected chi connectivity index (χ2v) is 5.43. The van der Waals surface area contributed by atoms with E-state index in [1.54, 1.807) is 0 Å². The van der Waals surface area contributed by atoms with Crippen LogP contribution in [0.4, 0.5) is 5.82 Å². The Morgan fingerprint density at radius 1 is 1.53 bits per heavy atom. The number of hydrogen-bond acceptors (Lipinski definition) is 3. The highest BCUT2D eigenvalue weighted by atomic mass is 79.9. The molecule has 1 aliphatic rings. The van der Waals surface area contributed by atoms with Gasteiger partial charge in [0.2, 0.25) is 0 Å². The van der Waals surface area contributed by atoms with Crippen LogP contribution in [-0.2, 0) is 0 Å². The first-order valence-electron chi connectivity index (χ1n) is 6.34. The number of hydrogen-bond donors (Lipinski definition) is 1. The van der Waals surface area contributed by atoms with E-state index < -0.39 is 4.92 Å². The molecule has 1 amide bonds. The van der Waals surface area contributed by atoms with E-state index in [1.807, 2.05) is 4.90 Å². The number of nitro groups is 1. The van der Waals surface area contributed by atoms with Crippen molar-refractivity contribution in [3.05, 3.63) is 27.9 Å². The SMILES string of the molecule is O=C(c1ccc([N+](=O)[O-])[nH]1)N1CCCCC1CCBr. The molecule has 1 aliphatic heterocycles. The second-order valence-electron chi connectivity index (χ2n) is 4.64. The molecular formula is C12H16BrN3O3. The van der Waals surface area contributed by atoms with Gasteiger partial charge in [0.15, 0.2) is 5.69 Å². The van der Waals surface area contributed by atoms with Crippen LogP contribution in [0.2, 0.25) is 0 Å². The molecule has 0 spiro atoms. The molecule has 1 saturated heterocycles. The topological polar surface area (TPSA) is 79.2 Å². The molecule has 0 radical (unpaired) electrons. The highest BCUT2D eigenvalue weighted by Crippen LogP contribution is 2.23. The lowest BCUT2D eigenvalue weighted by Crippen LogP contribution is -2.44. The average molecular weight is 330 g/mol. The number of nitrogens with one attached hydrogen (secondary N) is 1. The number of carbonyl (C=O) groups is 1. The lowest BCUT2D eigenvalue weighted by atomic mass is 9.99. The zero-order valence-corrected chi connectivity index (χ0v) is 12.1. The fraction of sp³-hybridized carbons (Fsp3) is 0.583. The van der Waals surface area contributed by atoms with Crippen LogP contribution in [0.1, 0.15) is 36.2 Å². The van der Waals surface area contributed by atoms with Crippen molar-refractivity contribution in [2.75, 3.05) is 11.9 Å². The molecule has 1 unspecified atom stereocenters. The average Bonchev–Trinajstić information content (AvgIpc) is 2.89. The quantitative estimate of drug-likeness (QED) is 0.524. The minimum atomic E-state index is -0.525. The number of alkyl halides is 1. The van der Waals surface area contributed by atoms with Crippen molar-refractivity contribution < 1.29 is 9.72 Å². The van der Waals surface area contributed by atoms with Crippen molar-refractivity contribution in [2.24, 2.45) is 0 Å². The van der Waals surface area contributed by atoms with Crippen LogP contribution in [0, 0.1) is 10.1 Å². The summed E-state index contributed by atoms with van der Waals surface area (Å²) in [5, 5.41) is 11.5. The van der Waals surface area contributed by atoms with Crippen molar-refractivity contribution >= 4 is 27.7 Å². The molecule has 1 aromatic rings. The summed E-state index contributed by atoms with van der Waals surface area (Å²) in [6, 6.07) is 3.04. The molecule has 2 heterocycles. The van der Waals surface area contributed by atoms with E-state index in [-0.39, 0.29) is 17.8 Å². The van der Waals surface area contributed by atoms with Crippen LogP contribution in [0.15, 0.2) is 12.1 Å². The molecule has 1 fully saturated rings. The summed E-state index contributed by atoms with van der Waals surface area (Å²) in [6.45, 7) is 0.726. The van der Waals surface area contributed by atoms with Crippen molar-refractivity contribution in [2.45, 2.75) is 31.7 Å². The van der Waals surface area contributed by atoms with Crippen LogP contribution in [-0.4, -0.2) is 38.6 Å². The lowest BCUT2D eigenvalue weighted by molar-refractivity contribution is -0.389. The van der Waals surface area contributed by atoms with Crippen LogP contribution >= 0.6 is 15.9 Å². The third-order valence-corrected chi connectivity index (χ3v) is 3.89. The van der Waals surface area contributed by atoms with Crippen molar-refractivity contribution in [3.8, 4) is 0 Å². The molecule has 0 aliphatic carbocycles. The second kappa shape index (κ2) is 6.18. The minimum absolute atomic E-state index is 0.140. The molecule has 1 aromatic heterocycles. The van der Waals surface area contributed by atoms with Crippen LogP contribution in [0.3, 0.4) is 0 Å². The normalized spacial score (nSPS) is 19.4. The largest absolute Gasteiger partial charge is 0.358 e. The van der Waals surface area contributed by atoms with Crippen LogP contribution in [0.5, 0.6) is 0 Å². The van der Waals surface area contributed by atoms with Gasteiger partial charge in [-0.3, -0.25) is 4.79 Å². The maximum Gasteiger partial charge on any atom is 0.321 e. The number of rotatable bonds is 4. The molecule has 0 aromatic carbocycles. The number of piperidine rings is 1. The van der Waals surface area contributed by atoms with Gasteiger partial charge in [-0.05, 0) is 36.7 Å². The molecule has 1 N–H and O–H groups in total. The van der Waals surface area contributed by atoms with Gasteiger partial charge < -0.3 is 15.0 Å². The van der Waals surface area contributed by atoms with E-state index in [0.717, 1.165) is 37.6 Å².